The van der Waals surface area contributed by atoms with Gasteiger partial charge in [0, 0.05) is 12.6 Å². The fraction of sp³-hybridized carbons (Fsp3) is 0.467. The number of ether oxygens (including phenoxy) is 1. The van der Waals surface area contributed by atoms with Gasteiger partial charge in [-0.25, -0.2) is 18.4 Å². The van der Waals surface area contributed by atoms with Crippen molar-refractivity contribution >= 4 is 21.9 Å². The van der Waals surface area contributed by atoms with E-state index in [2.05, 4.69) is 0 Å². The summed E-state index contributed by atoms with van der Waals surface area (Å²) in [6, 6.07) is 5.21. The monoisotopic (exact) mass is 340 g/mol. The van der Waals surface area contributed by atoms with Crippen LogP contribution in [-0.4, -0.2) is 44.4 Å². The summed E-state index contributed by atoms with van der Waals surface area (Å²) in [6.07, 6.45) is 3.01. The van der Waals surface area contributed by atoms with Crippen molar-refractivity contribution in [1.29, 1.82) is 0 Å². The van der Waals surface area contributed by atoms with Gasteiger partial charge in [0.1, 0.15) is 0 Å². The number of rotatable bonds is 4. The number of sulfonamides is 1. The quantitative estimate of drug-likeness (QED) is 0.819. The molecule has 0 bridgehead atoms. The van der Waals surface area contributed by atoms with Crippen molar-refractivity contribution in [1.82, 2.24) is 4.90 Å². The molecule has 0 radical (unpaired) electrons. The van der Waals surface area contributed by atoms with Crippen molar-refractivity contribution in [2.24, 2.45) is 5.14 Å². The molecule has 1 heterocycles. The van der Waals surface area contributed by atoms with Crippen LogP contribution in [0.3, 0.4) is 0 Å². The van der Waals surface area contributed by atoms with Crippen LogP contribution in [0.2, 0.25) is 0 Å². The molecule has 1 atom stereocenters. The molecule has 8 heteroatoms. The lowest BCUT2D eigenvalue weighted by Crippen LogP contribution is -2.44. The third-order valence-corrected chi connectivity index (χ3v) is 4.80. The Balaban J connectivity index is 1.93. The number of likely N-dealkylation sites (tertiary alicyclic amines) is 1. The van der Waals surface area contributed by atoms with Gasteiger partial charge in [-0.3, -0.25) is 4.79 Å². The molecule has 23 heavy (non-hydrogen) atoms. The molecule has 126 valence electrons. The van der Waals surface area contributed by atoms with Crippen LogP contribution >= 0.6 is 0 Å². The largest absolute Gasteiger partial charge is 0.452 e. The van der Waals surface area contributed by atoms with Crippen LogP contribution in [0, 0.1) is 0 Å². The third kappa shape index (κ3) is 4.52. The normalized spacial score (nSPS) is 18.5. The summed E-state index contributed by atoms with van der Waals surface area (Å²) in [5, 5.41) is 4.98. The van der Waals surface area contributed by atoms with Crippen LogP contribution in [0.5, 0.6) is 0 Å². The lowest BCUT2D eigenvalue weighted by Gasteiger charge is -2.33. The van der Waals surface area contributed by atoms with Crippen LogP contribution in [0.1, 0.15) is 36.5 Å². The second-order valence-electron chi connectivity index (χ2n) is 5.58. The predicted octanol–water partition coefficient (Wildman–Crippen LogP) is 0.892. The molecule has 0 aliphatic carbocycles. The van der Waals surface area contributed by atoms with Crippen molar-refractivity contribution in [2.75, 3.05) is 13.2 Å². The second kappa shape index (κ2) is 7.10. The molecule has 1 aliphatic rings. The minimum atomic E-state index is -3.80. The number of piperidine rings is 1. The highest BCUT2D eigenvalue weighted by Crippen LogP contribution is 2.16. The molecule has 1 aliphatic heterocycles. The smallest absolute Gasteiger partial charge is 0.338 e. The van der Waals surface area contributed by atoms with Crippen LogP contribution in [0.15, 0.2) is 29.2 Å². The van der Waals surface area contributed by atoms with Crippen molar-refractivity contribution in [3.63, 3.8) is 0 Å². The summed E-state index contributed by atoms with van der Waals surface area (Å²) < 4.78 is 27.3. The molecule has 0 saturated carbocycles. The number of primary sulfonamides is 1. The van der Waals surface area contributed by atoms with E-state index in [1.807, 2.05) is 6.92 Å². The van der Waals surface area contributed by atoms with Gasteiger partial charge in [0.05, 0.1) is 10.5 Å². The lowest BCUT2D eigenvalue weighted by atomic mass is 10.0. The van der Waals surface area contributed by atoms with E-state index >= 15 is 0 Å². The maximum Gasteiger partial charge on any atom is 0.338 e. The van der Waals surface area contributed by atoms with Crippen molar-refractivity contribution in [2.45, 2.75) is 37.1 Å². The number of esters is 1. The first kappa shape index (κ1) is 17.4. The van der Waals surface area contributed by atoms with Crippen LogP contribution in [-0.2, 0) is 19.6 Å². The summed E-state index contributed by atoms with van der Waals surface area (Å²) in [4.78, 5) is 25.6. The highest BCUT2D eigenvalue weighted by Gasteiger charge is 2.24. The summed E-state index contributed by atoms with van der Waals surface area (Å²) >= 11 is 0. The SMILES string of the molecule is C[C@H]1CCCCN1C(=O)COC(=O)c1ccc(S(N)(=O)=O)cc1. The molecule has 1 amide bonds. The average molecular weight is 340 g/mol. The van der Waals surface area contributed by atoms with E-state index in [4.69, 9.17) is 9.88 Å². The Bertz CT molecular complexity index is 684. The molecular weight excluding hydrogens is 320 g/mol. The Labute approximate surface area is 135 Å². The molecule has 0 unspecified atom stereocenters. The molecule has 1 fully saturated rings. The first-order chi connectivity index (χ1) is 10.8. The Hall–Kier alpha value is -1.93. The van der Waals surface area contributed by atoms with Crippen molar-refractivity contribution in [3.05, 3.63) is 29.8 Å². The zero-order valence-corrected chi connectivity index (χ0v) is 13.7. The number of hydrogen-bond acceptors (Lipinski definition) is 5. The second-order valence-corrected chi connectivity index (χ2v) is 7.14. The van der Waals surface area contributed by atoms with Crippen molar-refractivity contribution < 1.29 is 22.7 Å². The summed E-state index contributed by atoms with van der Waals surface area (Å²) in [7, 11) is -3.80. The van der Waals surface area contributed by atoms with Gasteiger partial charge in [0.2, 0.25) is 10.0 Å². The summed E-state index contributed by atoms with van der Waals surface area (Å²) in [5.74, 6) is -0.893. The van der Waals surface area contributed by atoms with Gasteiger partial charge in [-0.1, -0.05) is 0 Å². The van der Waals surface area contributed by atoms with E-state index in [1.165, 1.54) is 24.3 Å². The van der Waals surface area contributed by atoms with Gasteiger partial charge < -0.3 is 9.64 Å². The van der Waals surface area contributed by atoms with E-state index in [1.54, 1.807) is 4.90 Å². The number of amides is 1. The maximum atomic E-state index is 12.1. The van der Waals surface area contributed by atoms with Gasteiger partial charge in [-0.05, 0) is 50.5 Å². The first-order valence-corrected chi connectivity index (χ1v) is 8.93. The Morgan fingerprint density at radius 3 is 2.48 bits per heavy atom. The zero-order valence-electron chi connectivity index (χ0n) is 12.9. The number of carbonyl (C=O) groups is 2. The number of nitrogens with zero attached hydrogens (tertiary/aromatic N) is 1. The summed E-state index contributed by atoms with van der Waals surface area (Å²) in [5.41, 5.74) is 0.164. The fourth-order valence-electron chi connectivity index (χ4n) is 2.54. The number of carbonyl (C=O) groups excluding carboxylic acids is 2. The third-order valence-electron chi connectivity index (χ3n) is 3.87. The zero-order chi connectivity index (χ0) is 17.0. The van der Waals surface area contributed by atoms with Gasteiger partial charge in [0.15, 0.2) is 6.61 Å². The molecule has 0 spiro atoms. The van der Waals surface area contributed by atoms with E-state index < -0.39 is 16.0 Å². The van der Waals surface area contributed by atoms with Gasteiger partial charge >= 0.3 is 5.97 Å². The lowest BCUT2D eigenvalue weighted by molar-refractivity contribution is -0.137. The predicted molar refractivity (Wildman–Crippen MR) is 83.1 cm³/mol. The Kier molecular flexibility index (Phi) is 5.38. The molecular formula is C15H20N2O5S. The molecule has 1 aromatic rings. The molecule has 0 aromatic heterocycles. The van der Waals surface area contributed by atoms with Gasteiger partial charge in [0.25, 0.3) is 5.91 Å². The highest BCUT2D eigenvalue weighted by molar-refractivity contribution is 7.89. The standard InChI is InChI=1S/C15H20N2O5S/c1-11-4-2-3-9-17(11)14(18)10-22-15(19)12-5-7-13(8-6-12)23(16,20)21/h5-8,11H,2-4,9-10H2,1H3,(H2,16,20,21)/t11-/m0/s1. The number of benzene rings is 1. The van der Waals surface area contributed by atoms with E-state index in [-0.39, 0.29) is 29.0 Å². The molecule has 2 N–H and O–H groups in total. The van der Waals surface area contributed by atoms with Crippen LogP contribution in [0.4, 0.5) is 0 Å². The van der Waals surface area contributed by atoms with E-state index in [9.17, 15) is 18.0 Å². The number of hydrogen-bond donors (Lipinski definition) is 1. The summed E-state index contributed by atoms with van der Waals surface area (Å²) in [6.45, 7) is 2.34. The highest BCUT2D eigenvalue weighted by atomic mass is 32.2. The Morgan fingerprint density at radius 2 is 1.91 bits per heavy atom. The van der Waals surface area contributed by atoms with Crippen molar-refractivity contribution in [3.8, 4) is 0 Å². The molecule has 2 rings (SSSR count). The molecule has 7 nitrogen and oxygen atoms in total. The van der Waals surface area contributed by atoms with Gasteiger partial charge in [-0.15, -0.1) is 0 Å². The van der Waals surface area contributed by atoms with E-state index in [0.29, 0.717) is 6.54 Å². The molecule has 1 aromatic carbocycles. The van der Waals surface area contributed by atoms with Gasteiger partial charge in [-0.2, -0.15) is 0 Å². The minimum Gasteiger partial charge on any atom is -0.452 e. The first-order valence-electron chi connectivity index (χ1n) is 7.38. The average Bonchev–Trinajstić information content (AvgIpc) is 2.52. The topological polar surface area (TPSA) is 107 Å². The van der Waals surface area contributed by atoms with Crippen LogP contribution in [0.25, 0.3) is 0 Å². The number of nitrogens with two attached hydrogens (primary N) is 1. The maximum absolute atomic E-state index is 12.1. The molecule has 1 saturated heterocycles. The Morgan fingerprint density at radius 1 is 1.26 bits per heavy atom. The fourth-order valence-corrected chi connectivity index (χ4v) is 3.06. The minimum absolute atomic E-state index is 0.0905. The van der Waals surface area contributed by atoms with E-state index in [0.717, 1.165) is 19.3 Å². The van der Waals surface area contributed by atoms with Crippen LogP contribution < -0.4 is 5.14 Å².